The van der Waals surface area contributed by atoms with Gasteiger partial charge in [0.2, 0.25) is 0 Å². The van der Waals surface area contributed by atoms with Crippen LogP contribution in [0.3, 0.4) is 0 Å². The van der Waals surface area contributed by atoms with Crippen molar-refractivity contribution < 1.29 is 9.90 Å². The van der Waals surface area contributed by atoms with Crippen molar-refractivity contribution in [1.82, 2.24) is 24.4 Å². The van der Waals surface area contributed by atoms with Crippen LogP contribution in [0.1, 0.15) is 10.5 Å². The third kappa shape index (κ3) is 1.31. The summed E-state index contributed by atoms with van der Waals surface area (Å²) >= 11 is 0. The minimum absolute atomic E-state index is 0.0393. The smallest absolute Gasteiger partial charge is 0.358 e. The molecule has 0 aromatic carbocycles. The molecule has 8 heteroatoms. The molecule has 0 aliphatic heterocycles. The molecule has 0 bridgehead atoms. The number of terminal acetylenes is 1. The Labute approximate surface area is 88.2 Å². The minimum atomic E-state index is -1.27. The van der Waals surface area contributed by atoms with E-state index in [-0.39, 0.29) is 17.9 Å². The number of imidazole rings is 1. The molecule has 0 unspecified atom stereocenters. The number of nitrogens with zero attached hydrogens (tertiary/aromatic N) is 5. The van der Waals surface area contributed by atoms with Gasteiger partial charge in [-0.3, -0.25) is 0 Å². The number of carboxylic acid groups (broad SMARTS) is 1. The fourth-order valence-corrected chi connectivity index (χ4v) is 1.17. The number of hydrogen-bond donors (Lipinski definition) is 1. The second kappa shape index (κ2) is 3.47. The van der Waals surface area contributed by atoms with E-state index in [1.54, 1.807) is 0 Å². The summed E-state index contributed by atoms with van der Waals surface area (Å²) in [4.78, 5) is 25.9. The molecule has 80 valence electrons. The zero-order valence-corrected chi connectivity index (χ0v) is 7.86. The average molecular weight is 219 g/mol. The highest BCUT2D eigenvalue weighted by Gasteiger charge is 2.16. The highest BCUT2D eigenvalue weighted by Crippen LogP contribution is 2.01. The summed E-state index contributed by atoms with van der Waals surface area (Å²) < 4.78 is 1.91. The Bertz CT molecular complexity index is 662. The van der Waals surface area contributed by atoms with Gasteiger partial charge in [-0.05, 0) is 0 Å². The fraction of sp³-hybridized carbons (Fsp3) is 0.125. The van der Waals surface area contributed by atoms with Gasteiger partial charge < -0.3 is 5.11 Å². The highest BCUT2D eigenvalue weighted by atomic mass is 16.4. The van der Waals surface area contributed by atoms with Crippen LogP contribution in [-0.2, 0) is 6.54 Å². The third-order valence-electron chi connectivity index (χ3n) is 1.86. The molecule has 0 aliphatic carbocycles. The van der Waals surface area contributed by atoms with Crippen molar-refractivity contribution >= 4 is 11.6 Å². The van der Waals surface area contributed by atoms with Crippen LogP contribution in [0.15, 0.2) is 11.1 Å². The van der Waals surface area contributed by atoms with E-state index in [4.69, 9.17) is 11.5 Å². The maximum Gasteiger partial charge on any atom is 0.358 e. The van der Waals surface area contributed by atoms with Gasteiger partial charge in [0.25, 0.3) is 0 Å². The zero-order valence-electron chi connectivity index (χ0n) is 7.86. The second-order valence-corrected chi connectivity index (χ2v) is 2.83. The standard InChI is InChI=1S/C8H5N5O3/c1-2-3-13-8(16)12-4-9-5(7(14)15)6(12)10-11-13/h1,4H,3H2,(H,14,15). The van der Waals surface area contributed by atoms with E-state index in [1.807, 2.05) is 0 Å². The first-order chi connectivity index (χ1) is 7.65. The van der Waals surface area contributed by atoms with Crippen LogP contribution < -0.4 is 5.69 Å². The number of fused-ring (bicyclic) bond motifs is 1. The second-order valence-electron chi connectivity index (χ2n) is 2.83. The molecule has 2 rings (SSSR count). The van der Waals surface area contributed by atoms with Gasteiger partial charge in [-0.25, -0.2) is 19.0 Å². The van der Waals surface area contributed by atoms with Gasteiger partial charge in [0.1, 0.15) is 12.9 Å². The zero-order chi connectivity index (χ0) is 11.7. The van der Waals surface area contributed by atoms with Crippen LogP contribution in [-0.4, -0.2) is 35.5 Å². The number of carbonyl (C=O) groups is 1. The van der Waals surface area contributed by atoms with Gasteiger partial charge in [-0.15, -0.1) is 11.5 Å². The molecule has 0 aliphatic rings. The molecule has 16 heavy (non-hydrogen) atoms. The quantitative estimate of drug-likeness (QED) is 0.624. The van der Waals surface area contributed by atoms with Crippen molar-refractivity contribution in [3.63, 3.8) is 0 Å². The predicted molar refractivity (Wildman–Crippen MR) is 50.8 cm³/mol. The van der Waals surface area contributed by atoms with Gasteiger partial charge >= 0.3 is 11.7 Å². The summed E-state index contributed by atoms with van der Waals surface area (Å²) in [6.07, 6.45) is 6.10. The maximum atomic E-state index is 11.6. The molecule has 2 aromatic rings. The van der Waals surface area contributed by atoms with Gasteiger partial charge in [0.05, 0.1) is 0 Å². The number of aromatic nitrogens is 5. The number of rotatable bonds is 2. The van der Waals surface area contributed by atoms with Crippen LogP contribution >= 0.6 is 0 Å². The Morgan fingerprint density at radius 3 is 3.00 bits per heavy atom. The summed E-state index contributed by atoms with van der Waals surface area (Å²) in [6.45, 7) is -0.0393. The summed E-state index contributed by atoms with van der Waals surface area (Å²) in [5.74, 6) is 0.957. The lowest BCUT2D eigenvalue weighted by atomic mass is 10.5. The lowest BCUT2D eigenvalue weighted by Crippen LogP contribution is -2.29. The van der Waals surface area contributed by atoms with Crippen molar-refractivity contribution in [2.24, 2.45) is 0 Å². The molecular formula is C8H5N5O3. The van der Waals surface area contributed by atoms with E-state index < -0.39 is 11.7 Å². The largest absolute Gasteiger partial charge is 0.476 e. The average Bonchev–Trinajstić information content (AvgIpc) is 2.67. The van der Waals surface area contributed by atoms with E-state index in [9.17, 15) is 9.59 Å². The summed E-state index contributed by atoms with van der Waals surface area (Å²) in [5.41, 5.74) is -1.01. The van der Waals surface area contributed by atoms with Crippen LogP contribution in [0, 0.1) is 12.3 Å². The molecule has 8 nitrogen and oxygen atoms in total. The van der Waals surface area contributed by atoms with Crippen LogP contribution in [0.2, 0.25) is 0 Å². The first kappa shape index (κ1) is 9.85. The molecule has 1 N–H and O–H groups in total. The van der Waals surface area contributed by atoms with Crippen molar-refractivity contribution in [3.05, 3.63) is 22.5 Å². The minimum Gasteiger partial charge on any atom is -0.476 e. The van der Waals surface area contributed by atoms with Crippen molar-refractivity contribution in [1.29, 1.82) is 0 Å². The molecule has 0 radical (unpaired) electrons. The van der Waals surface area contributed by atoms with E-state index in [0.717, 1.165) is 15.4 Å². The monoisotopic (exact) mass is 219 g/mol. The molecule has 0 atom stereocenters. The first-order valence-corrected chi connectivity index (χ1v) is 4.12. The van der Waals surface area contributed by atoms with Gasteiger partial charge in [-0.1, -0.05) is 11.1 Å². The Hall–Kier alpha value is -2.69. The van der Waals surface area contributed by atoms with E-state index in [1.165, 1.54) is 0 Å². The van der Waals surface area contributed by atoms with E-state index in [2.05, 4.69) is 21.2 Å². The normalized spacial score (nSPS) is 10.2. The van der Waals surface area contributed by atoms with Crippen LogP contribution in [0.4, 0.5) is 0 Å². The molecule has 0 saturated heterocycles. The molecule has 0 saturated carbocycles. The predicted octanol–water partition coefficient (Wildman–Crippen LogP) is -1.38. The first-order valence-electron chi connectivity index (χ1n) is 4.12. The molecule has 2 heterocycles. The lowest BCUT2D eigenvalue weighted by molar-refractivity contribution is 0.0693. The number of carboxylic acids is 1. The SMILES string of the molecule is C#CCn1nnc2c(C(=O)O)ncn2c1=O. The van der Waals surface area contributed by atoms with Crippen molar-refractivity contribution in [3.8, 4) is 12.3 Å². The maximum absolute atomic E-state index is 11.6. The Balaban J connectivity index is 2.75. The van der Waals surface area contributed by atoms with Gasteiger partial charge in [0, 0.05) is 0 Å². The third-order valence-corrected chi connectivity index (χ3v) is 1.86. The lowest BCUT2D eigenvalue weighted by Gasteiger charge is -1.98. The molecule has 0 fully saturated rings. The molecule has 0 amide bonds. The van der Waals surface area contributed by atoms with E-state index in [0.29, 0.717) is 0 Å². The van der Waals surface area contributed by atoms with Crippen LogP contribution in [0.5, 0.6) is 0 Å². The van der Waals surface area contributed by atoms with Crippen molar-refractivity contribution in [2.75, 3.05) is 0 Å². The number of hydrogen-bond acceptors (Lipinski definition) is 5. The highest BCUT2D eigenvalue weighted by molar-refractivity contribution is 5.91. The Morgan fingerprint density at radius 1 is 1.62 bits per heavy atom. The summed E-state index contributed by atoms with van der Waals surface area (Å²) in [6, 6.07) is 0. The molecular weight excluding hydrogens is 214 g/mol. The fourth-order valence-electron chi connectivity index (χ4n) is 1.17. The van der Waals surface area contributed by atoms with E-state index >= 15 is 0 Å². The molecule has 0 spiro atoms. The summed E-state index contributed by atoms with van der Waals surface area (Å²) in [5, 5.41) is 15.8. The van der Waals surface area contributed by atoms with Crippen LogP contribution in [0.25, 0.3) is 5.65 Å². The summed E-state index contributed by atoms with van der Waals surface area (Å²) in [7, 11) is 0. The Morgan fingerprint density at radius 2 is 2.38 bits per heavy atom. The topological polar surface area (TPSA) is 102 Å². The Kier molecular flexibility index (Phi) is 2.13. The van der Waals surface area contributed by atoms with Gasteiger partial charge in [-0.2, -0.15) is 4.68 Å². The van der Waals surface area contributed by atoms with Crippen molar-refractivity contribution in [2.45, 2.75) is 6.54 Å². The number of aromatic carboxylic acids is 1. The molecule has 2 aromatic heterocycles. The van der Waals surface area contributed by atoms with Gasteiger partial charge in [0.15, 0.2) is 11.3 Å².